The largest absolute Gasteiger partial charge is 0.435 e. The Morgan fingerprint density at radius 1 is 1.20 bits per heavy atom. The first-order chi connectivity index (χ1) is 9.36. The summed E-state index contributed by atoms with van der Waals surface area (Å²) in [4.78, 5) is 2.10. The highest BCUT2D eigenvalue weighted by Crippen LogP contribution is 2.38. The van der Waals surface area contributed by atoms with Gasteiger partial charge in [-0.05, 0) is 29.7 Å². The molecule has 0 spiro atoms. The van der Waals surface area contributed by atoms with Crippen molar-refractivity contribution in [2.24, 2.45) is 7.05 Å². The van der Waals surface area contributed by atoms with Crippen LogP contribution in [-0.4, -0.2) is 23.4 Å². The van der Waals surface area contributed by atoms with Gasteiger partial charge in [0.1, 0.15) is 0 Å². The van der Waals surface area contributed by atoms with Crippen molar-refractivity contribution in [3.05, 3.63) is 35.7 Å². The molecule has 0 amide bonds. The standard InChI is InChI=1S/C14H14F3N3/c1-19-6-5-10-7-9(3-4-12(10)19)11-8-20(2)18-13(11)14(15,16)17/h3-4,7-8H,5-6H2,1-2H3. The Hall–Kier alpha value is -1.98. The van der Waals surface area contributed by atoms with E-state index in [1.165, 1.54) is 17.9 Å². The predicted octanol–water partition coefficient (Wildman–Crippen LogP) is 3.10. The van der Waals surface area contributed by atoms with Crippen LogP contribution in [0.3, 0.4) is 0 Å². The van der Waals surface area contributed by atoms with Crippen molar-refractivity contribution in [1.82, 2.24) is 9.78 Å². The number of aryl methyl sites for hydroxylation is 1. The van der Waals surface area contributed by atoms with Crippen molar-refractivity contribution >= 4 is 5.69 Å². The summed E-state index contributed by atoms with van der Waals surface area (Å²) in [5.41, 5.74) is 2.05. The molecular weight excluding hydrogens is 267 g/mol. The zero-order valence-corrected chi connectivity index (χ0v) is 11.2. The second-order valence-corrected chi connectivity index (χ2v) is 5.08. The molecule has 6 heteroatoms. The van der Waals surface area contributed by atoms with Gasteiger partial charge < -0.3 is 4.90 Å². The number of nitrogens with zero attached hydrogens (tertiary/aromatic N) is 3. The van der Waals surface area contributed by atoms with Crippen LogP contribution in [0.5, 0.6) is 0 Å². The zero-order valence-electron chi connectivity index (χ0n) is 11.2. The summed E-state index contributed by atoms with van der Waals surface area (Å²) >= 11 is 0. The molecule has 0 N–H and O–H groups in total. The third-order valence-electron chi connectivity index (χ3n) is 3.62. The fourth-order valence-corrected chi connectivity index (χ4v) is 2.64. The third kappa shape index (κ3) is 2.05. The fourth-order valence-electron chi connectivity index (χ4n) is 2.64. The number of alkyl halides is 3. The van der Waals surface area contributed by atoms with E-state index in [4.69, 9.17) is 0 Å². The van der Waals surface area contributed by atoms with Gasteiger partial charge in [0.2, 0.25) is 0 Å². The second kappa shape index (κ2) is 4.26. The van der Waals surface area contributed by atoms with Crippen LogP contribution in [0.15, 0.2) is 24.4 Å². The second-order valence-electron chi connectivity index (χ2n) is 5.08. The monoisotopic (exact) mass is 281 g/mol. The van der Waals surface area contributed by atoms with E-state index in [2.05, 4.69) is 10.00 Å². The van der Waals surface area contributed by atoms with Gasteiger partial charge in [-0.2, -0.15) is 18.3 Å². The normalized spacial score (nSPS) is 14.8. The van der Waals surface area contributed by atoms with E-state index in [1.54, 1.807) is 6.07 Å². The van der Waals surface area contributed by atoms with Crippen LogP contribution in [0.25, 0.3) is 11.1 Å². The zero-order chi connectivity index (χ0) is 14.5. The molecule has 1 aliphatic heterocycles. The van der Waals surface area contributed by atoms with E-state index in [1.807, 2.05) is 19.2 Å². The molecule has 2 aromatic rings. The quantitative estimate of drug-likeness (QED) is 0.801. The number of rotatable bonds is 1. The molecule has 1 aromatic heterocycles. The molecular formula is C14H14F3N3. The number of fused-ring (bicyclic) bond motifs is 1. The van der Waals surface area contributed by atoms with Gasteiger partial charge in [0.05, 0.1) is 0 Å². The topological polar surface area (TPSA) is 21.1 Å². The molecule has 2 heterocycles. The van der Waals surface area contributed by atoms with Crippen LogP contribution in [0.2, 0.25) is 0 Å². The van der Waals surface area contributed by atoms with Crippen LogP contribution in [0.4, 0.5) is 18.9 Å². The van der Waals surface area contributed by atoms with E-state index >= 15 is 0 Å². The molecule has 0 fully saturated rings. The van der Waals surface area contributed by atoms with Gasteiger partial charge >= 0.3 is 6.18 Å². The van der Waals surface area contributed by atoms with Gasteiger partial charge in [-0.1, -0.05) is 6.07 Å². The number of hydrogen-bond donors (Lipinski definition) is 0. The summed E-state index contributed by atoms with van der Waals surface area (Å²) in [5.74, 6) is 0. The van der Waals surface area contributed by atoms with E-state index in [0.29, 0.717) is 5.56 Å². The highest BCUT2D eigenvalue weighted by molar-refractivity contribution is 5.72. The smallest absolute Gasteiger partial charge is 0.374 e. The molecule has 0 saturated heterocycles. The summed E-state index contributed by atoms with van der Waals surface area (Å²) in [5, 5.41) is 3.55. The Balaban J connectivity index is 2.11. The van der Waals surface area contributed by atoms with Gasteiger partial charge in [0, 0.05) is 38.1 Å². The van der Waals surface area contributed by atoms with Crippen molar-refractivity contribution in [3.63, 3.8) is 0 Å². The molecule has 1 aromatic carbocycles. The van der Waals surface area contributed by atoms with Crippen molar-refractivity contribution in [2.75, 3.05) is 18.5 Å². The van der Waals surface area contributed by atoms with Crippen molar-refractivity contribution < 1.29 is 13.2 Å². The molecule has 20 heavy (non-hydrogen) atoms. The maximum Gasteiger partial charge on any atom is 0.435 e. The van der Waals surface area contributed by atoms with E-state index in [-0.39, 0.29) is 5.56 Å². The molecule has 3 rings (SSSR count). The summed E-state index contributed by atoms with van der Waals surface area (Å²) in [6.45, 7) is 0.901. The van der Waals surface area contributed by atoms with Crippen LogP contribution < -0.4 is 4.90 Å². The van der Waals surface area contributed by atoms with Gasteiger partial charge in [-0.25, -0.2) is 0 Å². The average Bonchev–Trinajstić information content (AvgIpc) is 2.93. The van der Waals surface area contributed by atoms with Crippen LogP contribution in [0, 0.1) is 0 Å². The molecule has 0 bridgehead atoms. The minimum Gasteiger partial charge on any atom is -0.374 e. The average molecular weight is 281 g/mol. The van der Waals surface area contributed by atoms with Gasteiger partial charge in [-0.15, -0.1) is 0 Å². The first-order valence-electron chi connectivity index (χ1n) is 6.31. The minimum absolute atomic E-state index is 0.136. The Labute approximate surface area is 114 Å². The lowest BCUT2D eigenvalue weighted by atomic mass is 10.0. The van der Waals surface area contributed by atoms with Crippen LogP contribution in [-0.2, 0) is 19.6 Å². The lowest BCUT2D eigenvalue weighted by molar-refractivity contribution is -0.140. The first kappa shape index (κ1) is 13.0. The van der Waals surface area contributed by atoms with Crippen LogP contribution in [0.1, 0.15) is 11.3 Å². The highest BCUT2D eigenvalue weighted by atomic mass is 19.4. The number of likely N-dealkylation sites (N-methyl/N-ethyl adjacent to an activating group) is 1. The Bertz CT molecular complexity index is 658. The van der Waals surface area contributed by atoms with Gasteiger partial charge in [0.25, 0.3) is 0 Å². The number of hydrogen-bond acceptors (Lipinski definition) is 2. The highest BCUT2D eigenvalue weighted by Gasteiger charge is 2.37. The van der Waals surface area contributed by atoms with Crippen LogP contribution >= 0.6 is 0 Å². The lowest BCUT2D eigenvalue weighted by Gasteiger charge is -2.12. The molecule has 0 atom stereocenters. The van der Waals surface area contributed by atoms with Crippen molar-refractivity contribution in [2.45, 2.75) is 12.6 Å². The number of halogens is 3. The maximum absolute atomic E-state index is 13.0. The molecule has 0 aliphatic carbocycles. The molecule has 106 valence electrons. The molecule has 0 radical (unpaired) electrons. The Kier molecular flexibility index (Phi) is 2.77. The third-order valence-corrected chi connectivity index (χ3v) is 3.62. The molecule has 1 aliphatic rings. The molecule has 0 unspecified atom stereocenters. The number of benzene rings is 1. The SMILES string of the molecule is CN1CCc2cc(-c3cn(C)nc3C(F)(F)F)ccc21. The van der Waals surface area contributed by atoms with E-state index in [9.17, 15) is 13.2 Å². The van der Waals surface area contributed by atoms with E-state index in [0.717, 1.165) is 24.2 Å². The Morgan fingerprint density at radius 3 is 2.65 bits per heavy atom. The molecule has 3 nitrogen and oxygen atoms in total. The van der Waals surface area contributed by atoms with Gasteiger partial charge in [-0.3, -0.25) is 4.68 Å². The van der Waals surface area contributed by atoms with E-state index < -0.39 is 11.9 Å². The summed E-state index contributed by atoms with van der Waals surface area (Å²) in [6.07, 6.45) is -2.16. The minimum atomic E-state index is -4.44. The summed E-state index contributed by atoms with van der Waals surface area (Å²) in [7, 11) is 3.48. The number of anilines is 1. The predicted molar refractivity (Wildman–Crippen MR) is 70.6 cm³/mol. The maximum atomic E-state index is 13.0. The van der Waals surface area contributed by atoms with Crippen molar-refractivity contribution in [3.8, 4) is 11.1 Å². The fraction of sp³-hybridized carbons (Fsp3) is 0.357. The Morgan fingerprint density at radius 2 is 1.95 bits per heavy atom. The number of aromatic nitrogens is 2. The summed E-state index contributed by atoms with van der Waals surface area (Å²) < 4.78 is 40.2. The van der Waals surface area contributed by atoms with Crippen molar-refractivity contribution in [1.29, 1.82) is 0 Å². The molecule has 0 saturated carbocycles. The lowest BCUT2D eigenvalue weighted by Crippen LogP contribution is -2.12. The first-order valence-corrected chi connectivity index (χ1v) is 6.31. The van der Waals surface area contributed by atoms with Gasteiger partial charge in [0.15, 0.2) is 5.69 Å². The summed E-state index contributed by atoms with van der Waals surface area (Å²) in [6, 6.07) is 5.45.